The summed E-state index contributed by atoms with van der Waals surface area (Å²) < 4.78 is 39.0. The average molecular weight is 276 g/mol. The van der Waals surface area contributed by atoms with Gasteiger partial charge >= 0.3 is 6.18 Å². The molecular weight excluding hydrogens is 261 g/mol. The molecule has 6 nitrogen and oxygen atoms in total. The molecule has 0 aromatic carbocycles. The molecular formula is C10H15F3N6. The van der Waals surface area contributed by atoms with Crippen molar-refractivity contribution in [2.45, 2.75) is 26.2 Å². The summed E-state index contributed by atoms with van der Waals surface area (Å²) in [7, 11) is 0. The van der Waals surface area contributed by atoms with Crippen molar-refractivity contribution in [1.29, 1.82) is 5.41 Å². The Hall–Kier alpha value is -1.64. The van der Waals surface area contributed by atoms with Crippen LogP contribution in [0.1, 0.15) is 18.6 Å². The predicted molar refractivity (Wildman–Crippen MR) is 61.4 cm³/mol. The summed E-state index contributed by atoms with van der Waals surface area (Å²) in [5.41, 5.74) is 5.38. The van der Waals surface area contributed by atoms with E-state index >= 15 is 0 Å². The Morgan fingerprint density at radius 1 is 1.42 bits per heavy atom. The molecule has 0 amide bonds. The van der Waals surface area contributed by atoms with Crippen LogP contribution in [0.3, 0.4) is 0 Å². The number of fused-ring (bicyclic) bond motifs is 1. The van der Waals surface area contributed by atoms with Gasteiger partial charge in [0.25, 0.3) is 0 Å². The minimum Gasteiger partial charge on any atom is -0.387 e. The van der Waals surface area contributed by atoms with E-state index in [2.05, 4.69) is 10.2 Å². The van der Waals surface area contributed by atoms with Gasteiger partial charge in [0.2, 0.25) is 5.82 Å². The van der Waals surface area contributed by atoms with Gasteiger partial charge in [0.1, 0.15) is 5.82 Å². The molecule has 1 unspecified atom stereocenters. The van der Waals surface area contributed by atoms with Gasteiger partial charge in [0.15, 0.2) is 0 Å². The SMILES string of the molecule is CC(CN1CCn2c(nnc2C(F)(F)F)C1)C(=N)N. The van der Waals surface area contributed by atoms with E-state index in [0.717, 1.165) is 4.57 Å². The van der Waals surface area contributed by atoms with Crippen LogP contribution in [0.4, 0.5) is 13.2 Å². The van der Waals surface area contributed by atoms with Crippen LogP contribution in [0.2, 0.25) is 0 Å². The van der Waals surface area contributed by atoms with Crippen LogP contribution in [0.25, 0.3) is 0 Å². The fourth-order valence-corrected chi connectivity index (χ4v) is 2.06. The van der Waals surface area contributed by atoms with Gasteiger partial charge in [-0.2, -0.15) is 13.2 Å². The first kappa shape index (κ1) is 13.8. The number of rotatable bonds is 3. The highest BCUT2D eigenvalue weighted by Gasteiger charge is 2.39. The van der Waals surface area contributed by atoms with Gasteiger partial charge in [-0.05, 0) is 0 Å². The molecule has 0 bridgehead atoms. The Balaban J connectivity index is 2.10. The van der Waals surface area contributed by atoms with E-state index in [0.29, 0.717) is 25.5 Å². The molecule has 9 heteroatoms. The number of hydrogen-bond donors (Lipinski definition) is 2. The zero-order chi connectivity index (χ0) is 14.2. The van der Waals surface area contributed by atoms with Crippen LogP contribution in [0.5, 0.6) is 0 Å². The third-order valence-corrected chi connectivity index (χ3v) is 3.15. The number of hydrogen-bond acceptors (Lipinski definition) is 4. The van der Waals surface area contributed by atoms with E-state index in [1.54, 1.807) is 0 Å². The van der Waals surface area contributed by atoms with Gasteiger partial charge < -0.3 is 10.3 Å². The molecule has 1 aromatic heterocycles. The molecule has 0 radical (unpaired) electrons. The molecule has 0 saturated carbocycles. The number of halogens is 3. The maximum atomic E-state index is 12.6. The van der Waals surface area contributed by atoms with Crippen LogP contribution in [0.15, 0.2) is 0 Å². The molecule has 0 fully saturated rings. The summed E-state index contributed by atoms with van der Waals surface area (Å²) in [4.78, 5) is 1.93. The van der Waals surface area contributed by atoms with Gasteiger partial charge in [-0.25, -0.2) is 0 Å². The van der Waals surface area contributed by atoms with E-state index < -0.39 is 12.0 Å². The monoisotopic (exact) mass is 276 g/mol. The average Bonchev–Trinajstić information content (AvgIpc) is 2.71. The topological polar surface area (TPSA) is 83.8 Å². The summed E-state index contributed by atoms with van der Waals surface area (Å²) in [6, 6.07) is 0. The summed E-state index contributed by atoms with van der Waals surface area (Å²) in [5.74, 6) is -0.698. The van der Waals surface area contributed by atoms with Crippen molar-refractivity contribution in [3.05, 3.63) is 11.6 Å². The first-order valence-corrected chi connectivity index (χ1v) is 5.84. The number of aromatic nitrogens is 3. The second kappa shape index (κ2) is 4.80. The van der Waals surface area contributed by atoms with E-state index in [4.69, 9.17) is 11.1 Å². The molecule has 1 aromatic rings. The minimum atomic E-state index is -4.47. The molecule has 2 rings (SSSR count). The van der Waals surface area contributed by atoms with Gasteiger partial charge in [0.05, 0.1) is 12.4 Å². The van der Waals surface area contributed by atoms with Crippen molar-refractivity contribution < 1.29 is 13.2 Å². The van der Waals surface area contributed by atoms with Crippen molar-refractivity contribution in [1.82, 2.24) is 19.7 Å². The van der Waals surface area contributed by atoms with E-state index in [-0.39, 0.29) is 18.3 Å². The van der Waals surface area contributed by atoms with Crippen LogP contribution < -0.4 is 5.73 Å². The van der Waals surface area contributed by atoms with E-state index in [1.807, 2.05) is 11.8 Å². The van der Waals surface area contributed by atoms with E-state index in [9.17, 15) is 13.2 Å². The number of nitrogens with one attached hydrogen (secondary N) is 1. The molecule has 0 spiro atoms. The largest absolute Gasteiger partial charge is 0.451 e. The lowest BCUT2D eigenvalue weighted by molar-refractivity contribution is -0.148. The van der Waals surface area contributed by atoms with Crippen molar-refractivity contribution in [3.63, 3.8) is 0 Å². The first-order chi connectivity index (χ1) is 8.79. The zero-order valence-corrected chi connectivity index (χ0v) is 10.4. The first-order valence-electron chi connectivity index (χ1n) is 5.84. The van der Waals surface area contributed by atoms with E-state index in [1.165, 1.54) is 0 Å². The normalized spacial score (nSPS) is 18.1. The summed E-state index contributed by atoms with van der Waals surface area (Å²) in [6.07, 6.45) is -4.47. The third kappa shape index (κ3) is 2.86. The Morgan fingerprint density at radius 2 is 2.11 bits per heavy atom. The number of nitrogens with two attached hydrogens (primary N) is 1. The second-order valence-electron chi connectivity index (χ2n) is 4.68. The highest BCUT2D eigenvalue weighted by atomic mass is 19.4. The van der Waals surface area contributed by atoms with Gasteiger partial charge in [0, 0.05) is 25.6 Å². The maximum absolute atomic E-state index is 12.6. The predicted octanol–water partition coefficient (Wildman–Crippen LogP) is 0.685. The van der Waals surface area contributed by atoms with Crippen molar-refractivity contribution in [3.8, 4) is 0 Å². The molecule has 19 heavy (non-hydrogen) atoms. The lowest BCUT2D eigenvalue weighted by Crippen LogP contribution is -2.40. The second-order valence-corrected chi connectivity index (χ2v) is 4.68. The molecule has 0 saturated heterocycles. The van der Waals surface area contributed by atoms with Crippen LogP contribution in [-0.4, -0.2) is 38.6 Å². The smallest absolute Gasteiger partial charge is 0.387 e. The Bertz CT molecular complexity index is 480. The van der Waals surface area contributed by atoms with Gasteiger partial charge in [-0.15, -0.1) is 10.2 Å². The van der Waals surface area contributed by atoms with Crippen LogP contribution in [0, 0.1) is 11.3 Å². The maximum Gasteiger partial charge on any atom is 0.451 e. The summed E-state index contributed by atoms with van der Waals surface area (Å²) in [5, 5.41) is 14.1. The van der Waals surface area contributed by atoms with Crippen LogP contribution >= 0.6 is 0 Å². The molecule has 0 aliphatic carbocycles. The standard InChI is InChI=1S/C10H15F3N6/c1-6(8(14)15)4-18-2-3-19-7(5-18)16-17-9(19)10(11,12)13/h6H,2-5H2,1H3,(H3,14,15). The van der Waals surface area contributed by atoms with Crippen LogP contribution in [-0.2, 0) is 19.3 Å². The molecule has 2 heterocycles. The number of alkyl halides is 3. The van der Waals surface area contributed by atoms with Crippen molar-refractivity contribution in [2.75, 3.05) is 13.1 Å². The Kier molecular flexibility index (Phi) is 3.48. The van der Waals surface area contributed by atoms with Gasteiger partial charge in [-0.3, -0.25) is 10.3 Å². The lowest BCUT2D eigenvalue weighted by atomic mass is 10.1. The molecule has 1 aliphatic rings. The fourth-order valence-electron chi connectivity index (χ4n) is 2.06. The highest BCUT2D eigenvalue weighted by Crippen LogP contribution is 2.29. The third-order valence-electron chi connectivity index (χ3n) is 3.15. The molecule has 1 aliphatic heterocycles. The Labute approximate surface area is 107 Å². The summed E-state index contributed by atoms with van der Waals surface area (Å²) >= 11 is 0. The fraction of sp³-hybridized carbons (Fsp3) is 0.700. The van der Waals surface area contributed by atoms with Crippen molar-refractivity contribution >= 4 is 5.84 Å². The molecule has 3 N–H and O–H groups in total. The quantitative estimate of drug-likeness (QED) is 0.628. The summed E-state index contributed by atoms with van der Waals surface area (Å²) in [6.45, 7) is 3.29. The number of amidine groups is 1. The number of nitrogens with zero attached hydrogens (tertiary/aromatic N) is 4. The van der Waals surface area contributed by atoms with Crippen molar-refractivity contribution in [2.24, 2.45) is 11.7 Å². The molecule has 1 atom stereocenters. The minimum absolute atomic E-state index is 0.0722. The highest BCUT2D eigenvalue weighted by molar-refractivity contribution is 5.79. The molecule has 106 valence electrons. The Morgan fingerprint density at radius 3 is 2.68 bits per heavy atom. The van der Waals surface area contributed by atoms with Gasteiger partial charge in [-0.1, -0.05) is 6.92 Å². The zero-order valence-electron chi connectivity index (χ0n) is 10.4. The lowest BCUT2D eigenvalue weighted by Gasteiger charge is -2.29.